The molecule has 1 aromatic heterocycles. The molecule has 1 heterocycles. The van der Waals surface area contributed by atoms with E-state index in [9.17, 15) is 22.8 Å². The SMILES string of the molecule is CC(C)S(=O)(=O)C(C(=O)NCC(=O)NC1CC1)c1nc2cc(F)c(-c3ccc(NC(=O)OCc4ccccc4)cc3)cc2s1. The normalized spacial score (nSPS) is 13.8. The van der Waals surface area contributed by atoms with Crippen molar-refractivity contribution in [2.75, 3.05) is 11.9 Å². The minimum Gasteiger partial charge on any atom is -0.444 e. The van der Waals surface area contributed by atoms with Crippen molar-refractivity contribution in [1.82, 2.24) is 15.6 Å². The first-order valence-electron chi connectivity index (χ1n) is 14.0. The van der Waals surface area contributed by atoms with Gasteiger partial charge in [-0.15, -0.1) is 11.3 Å². The first-order chi connectivity index (χ1) is 21.0. The highest BCUT2D eigenvalue weighted by molar-refractivity contribution is 7.93. The first kappa shape index (κ1) is 31.1. The number of nitrogens with one attached hydrogen (secondary N) is 3. The zero-order valence-electron chi connectivity index (χ0n) is 24.0. The van der Waals surface area contributed by atoms with Crippen LogP contribution in [-0.2, 0) is 30.8 Å². The summed E-state index contributed by atoms with van der Waals surface area (Å²) in [7, 11) is -4.04. The number of carbonyl (C=O) groups excluding carboxylic acids is 3. The van der Waals surface area contributed by atoms with Crippen LogP contribution in [0.5, 0.6) is 0 Å². The van der Waals surface area contributed by atoms with Gasteiger partial charge in [0.2, 0.25) is 11.8 Å². The summed E-state index contributed by atoms with van der Waals surface area (Å²) in [6.07, 6.45) is 1.11. The van der Waals surface area contributed by atoms with Crippen LogP contribution in [0.3, 0.4) is 0 Å². The zero-order valence-corrected chi connectivity index (χ0v) is 25.6. The third-order valence-corrected chi connectivity index (χ3v) is 10.6. The summed E-state index contributed by atoms with van der Waals surface area (Å²) in [4.78, 5) is 41.7. The second-order valence-electron chi connectivity index (χ2n) is 10.7. The lowest BCUT2D eigenvalue weighted by molar-refractivity contribution is -0.126. The van der Waals surface area contributed by atoms with Crippen LogP contribution in [-0.4, -0.2) is 49.1 Å². The Kier molecular flexibility index (Phi) is 9.25. The topological polar surface area (TPSA) is 144 Å². The van der Waals surface area contributed by atoms with Gasteiger partial charge in [-0.25, -0.2) is 22.6 Å². The fourth-order valence-electron chi connectivity index (χ4n) is 4.35. The number of sulfone groups is 1. The van der Waals surface area contributed by atoms with Crippen LogP contribution in [0.1, 0.15) is 42.5 Å². The Bertz CT molecular complexity index is 1790. The molecule has 3 aromatic carbocycles. The van der Waals surface area contributed by atoms with Crippen LogP contribution < -0.4 is 16.0 Å². The van der Waals surface area contributed by atoms with E-state index in [1.54, 1.807) is 30.3 Å². The molecule has 0 bridgehead atoms. The molecule has 3 amide bonds. The fourth-order valence-corrected chi connectivity index (χ4v) is 7.13. The van der Waals surface area contributed by atoms with E-state index >= 15 is 4.39 Å². The molecule has 0 aliphatic heterocycles. The number of thiazole rings is 1. The van der Waals surface area contributed by atoms with Crippen molar-refractivity contribution in [1.29, 1.82) is 0 Å². The number of anilines is 1. The number of benzene rings is 3. The highest BCUT2D eigenvalue weighted by Gasteiger charge is 2.39. The standard InChI is InChI=1S/C31H31FN4O6S2/c1-18(2)44(40,41)28(29(38)33-16-27(37)34-21-12-13-21)30-36-25-15-24(32)23(14-26(25)43-30)20-8-10-22(11-9-20)35-31(39)42-17-19-6-4-3-5-7-19/h3-11,14-15,18,21,28H,12-13,16-17H2,1-2H3,(H,33,38)(H,34,37)(H,35,39). The van der Waals surface area contributed by atoms with Crippen molar-refractivity contribution in [3.63, 3.8) is 0 Å². The highest BCUT2D eigenvalue weighted by Crippen LogP contribution is 2.36. The van der Waals surface area contributed by atoms with Crippen LogP contribution in [0.2, 0.25) is 0 Å². The average molecular weight is 639 g/mol. The molecule has 230 valence electrons. The molecule has 1 saturated carbocycles. The van der Waals surface area contributed by atoms with Crippen molar-refractivity contribution < 1.29 is 31.9 Å². The Morgan fingerprint density at radius 1 is 1.05 bits per heavy atom. The molecule has 1 atom stereocenters. The molecule has 1 unspecified atom stereocenters. The molecule has 13 heteroatoms. The smallest absolute Gasteiger partial charge is 0.411 e. The Balaban J connectivity index is 1.33. The van der Waals surface area contributed by atoms with Crippen molar-refractivity contribution in [3.05, 3.63) is 83.1 Å². The van der Waals surface area contributed by atoms with E-state index in [1.807, 2.05) is 30.3 Å². The van der Waals surface area contributed by atoms with Gasteiger partial charge in [-0.3, -0.25) is 14.9 Å². The molecule has 0 radical (unpaired) electrons. The molecule has 1 aliphatic rings. The molecule has 44 heavy (non-hydrogen) atoms. The number of rotatable bonds is 11. The monoisotopic (exact) mass is 638 g/mol. The van der Waals surface area contributed by atoms with Crippen molar-refractivity contribution >= 4 is 55.0 Å². The minimum absolute atomic E-state index is 0.0149. The molecule has 10 nitrogen and oxygen atoms in total. The molecular weight excluding hydrogens is 607 g/mol. The van der Waals surface area contributed by atoms with Crippen LogP contribution >= 0.6 is 11.3 Å². The fraction of sp³-hybridized carbons (Fsp3) is 0.290. The Morgan fingerprint density at radius 3 is 2.41 bits per heavy atom. The van der Waals surface area contributed by atoms with Crippen LogP contribution in [0.4, 0.5) is 14.9 Å². The molecule has 3 N–H and O–H groups in total. The first-order valence-corrected chi connectivity index (χ1v) is 16.4. The summed E-state index contributed by atoms with van der Waals surface area (Å²) >= 11 is 0.974. The molecular formula is C31H31FN4O6S2. The number of nitrogens with zero attached hydrogens (tertiary/aromatic N) is 1. The number of hydrogen-bond donors (Lipinski definition) is 3. The minimum atomic E-state index is -4.04. The molecule has 5 rings (SSSR count). The molecule has 0 spiro atoms. The third-order valence-electron chi connectivity index (χ3n) is 6.96. The number of ether oxygens (including phenoxy) is 1. The zero-order chi connectivity index (χ0) is 31.4. The molecule has 1 aliphatic carbocycles. The third kappa shape index (κ3) is 7.40. The Morgan fingerprint density at radius 2 is 1.75 bits per heavy atom. The average Bonchev–Trinajstić information content (AvgIpc) is 3.72. The van der Waals surface area contributed by atoms with Gasteiger partial charge in [-0.2, -0.15) is 0 Å². The summed E-state index contributed by atoms with van der Waals surface area (Å²) in [5.41, 5.74) is 2.24. The second-order valence-corrected chi connectivity index (χ2v) is 14.3. The van der Waals surface area contributed by atoms with E-state index in [0.717, 1.165) is 29.7 Å². The van der Waals surface area contributed by atoms with Crippen LogP contribution in [0.15, 0.2) is 66.7 Å². The maximum absolute atomic E-state index is 15.3. The van der Waals surface area contributed by atoms with E-state index in [1.165, 1.54) is 19.9 Å². The van der Waals surface area contributed by atoms with E-state index in [-0.39, 0.29) is 35.3 Å². The highest BCUT2D eigenvalue weighted by atomic mass is 32.2. The lowest BCUT2D eigenvalue weighted by atomic mass is 10.0. The largest absolute Gasteiger partial charge is 0.444 e. The van der Waals surface area contributed by atoms with Gasteiger partial charge in [0.25, 0.3) is 0 Å². The predicted molar refractivity (Wildman–Crippen MR) is 166 cm³/mol. The van der Waals surface area contributed by atoms with E-state index < -0.39 is 44.1 Å². The summed E-state index contributed by atoms with van der Waals surface area (Å²) in [5.74, 6) is -1.86. The van der Waals surface area contributed by atoms with Crippen LogP contribution in [0.25, 0.3) is 21.3 Å². The maximum atomic E-state index is 15.3. The van der Waals surface area contributed by atoms with Crippen molar-refractivity contribution in [2.45, 2.75) is 49.8 Å². The van der Waals surface area contributed by atoms with E-state index in [0.29, 0.717) is 16.0 Å². The summed E-state index contributed by atoms with van der Waals surface area (Å²) < 4.78 is 47.5. The number of halogens is 1. The lowest BCUT2D eigenvalue weighted by Crippen LogP contribution is -2.42. The number of carbonyl (C=O) groups is 3. The van der Waals surface area contributed by atoms with Crippen molar-refractivity contribution in [3.8, 4) is 11.1 Å². The molecule has 4 aromatic rings. The van der Waals surface area contributed by atoms with E-state index in [4.69, 9.17) is 4.74 Å². The molecule has 0 saturated heterocycles. The van der Waals surface area contributed by atoms with Gasteiger partial charge in [0.15, 0.2) is 15.1 Å². The van der Waals surface area contributed by atoms with Crippen molar-refractivity contribution in [2.24, 2.45) is 0 Å². The lowest BCUT2D eigenvalue weighted by Gasteiger charge is -2.17. The quantitative estimate of drug-likeness (QED) is 0.207. The maximum Gasteiger partial charge on any atom is 0.411 e. The van der Waals surface area contributed by atoms with Gasteiger partial charge in [0.05, 0.1) is 22.0 Å². The van der Waals surface area contributed by atoms with Gasteiger partial charge in [-0.05, 0) is 56.0 Å². The van der Waals surface area contributed by atoms with Gasteiger partial charge in [0, 0.05) is 23.4 Å². The number of amides is 3. The number of fused-ring (bicyclic) bond motifs is 1. The summed E-state index contributed by atoms with van der Waals surface area (Å²) in [5, 5.41) is 5.22. The Hall–Kier alpha value is -4.36. The Labute approximate surface area is 257 Å². The van der Waals surface area contributed by atoms with E-state index in [2.05, 4.69) is 20.9 Å². The van der Waals surface area contributed by atoms with Gasteiger partial charge in [0.1, 0.15) is 17.4 Å². The number of aromatic nitrogens is 1. The second kappa shape index (κ2) is 13.1. The number of hydrogen-bond acceptors (Lipinski definition) is 8. The van der Waals surface area contributed by atoms with Gasteiger partial charge < -0.3 is 15.4 Å². The summed E-state index contributed by atoms with van der Waals surface area (Å²) in [6.45, 7) is 2.67. The van der Waals surface area contributed by atoms with Gasteiger partial charge in [-0.1, -0.05) is 42.5 Å². The van der Waals surface area contributed by atoms with Gasteiger partial charge >= 0.3 is 6.09 Å². The summed E-state index contributed by atoms with van der Waals surface area (Å²) in [6, 6.07) is 18.6. The van der Waals surface area contributed by atoms with Crippen LogP contribution in [0, 0.1) is 5.82 Å². The molecule has 1 fully saturated rings. The predicted octanol–water partition coefficient (Wildman–Crippen LogP) is 5.11.